The van der Waals surface area contributed by atoms with Crippen molar-refractivity contribution in [2.45, 2.75) is 32.7 Å². The smallest absolute Gasteiger partial charge is 0.336 e. The molecular weight excluding hydrogens is 508 g/mol. The first-order chi connectivity index (χ1) is 20.1. The normalized spacial score (nSPS) is 11.1. The lowest BCUT2D eigenvalue weighted by Crippen LogP contribution is -2.07. The van der Waals surface area contributed by atoms with E-state index in [1.807, 2.05) is 72.8 Å². The molecule has 2 aromatic heterocycles. The minimum Gasteiger partial charge on any atom is -0.478 e. The summed E-state index contributed by atoms with van der Waals surface area (Å²) in [6.45, 7) is 2.80. The zero-order valence-corrected chi connectivity index (χ0v) is 22.9. The Bertz CT molecular complexity index is 1810. The van der Waals surface area contributed by atoms with Crippen molar-refractivity contribution >= 4 is 17.0 Å². The Morgan fingerprint density at radius 1 is 0.732 bits per heavy atom. The number of carboxylic acid groups (broad SMARTS) is 1. The summed E-state index contributed by atoms with van der Waals surface area (Å²) in [6.07, 6.45) is 2.93. The van der Waals surface area contributed by atoms with Gasteiger partial charge < -0.3 is 9.67 Å². The summed E-state index contributed by atoms with van der Waals surface area (Å²) < 4.78 is 2.29. The highest BCUT2D eigenvalue weighted by Gasteiger charge is 2.22. The van der Waals surface area contributed by atoms with E-state index >= 15 is 0 Å². The predicted octanol–water partition coefficient (Wildman–Crippen LogP) is 7.92. The van der Waals surface area contributed by atoms with Crippen molar-refractivity contribution in [2.75, 3.05) is 0 Å². The topological polar surface area (TPSA) is 80.9 Å². The standard InChI is InChI=1S/C35H30N4O2/c1-2-3-18-30-36-33-31(26-12-6-4-7-13-26)37-38-32(27-14-8-5-9-15-27)34(33)39(30)23-24-19-21-25(22-20-24)28-16-10-11-17-29(28)35(40)41/h4-17,19-22H,2-3,18,23H2,1H3,(H,40,41). The summed E-state index contributed by atoms with van der Waals surface area (Å²) in [7, 11) is 0. The van der Waals surface area contributed by atoms with E-state index in [2.05, 4.69) is 40.9 Å². The fraction of sp³-hybridized carbons (Fsp3) is 0.143. The van der Waals surface area contributed by atoms with E-state index in [1.165, 1.54) is 0 Å². The molecule has 0 bridgehead atoms. The fourth-order valence-electron chi connectivity index (χ4n) is 5.27. The second-order valence-corrected chi connectivity index (χ2v) is 10.1. The summed E-state index contributed by atoms with van der Waals surface area (Å²) in [5, 5.41) is 19.1. The van der Waals surface area contributed by atoms with Gasteiger partial charge in [0.15, 0.2) is 0 Å². The number of unbranched alkanes of at least 4 members (excludes halogenated alkanes) is 1. The number of imidazole rings is 1. The molecule has 6 rings (SSSR count). The molecule has 202 valence electrons. The molecule has 0 aliphatic rings. The van der Waals surface area contributed by atoms with Crippen LogP contribution < -0.4 is 0 Å². The summed E-state index contributed by atoms with van der Waals surface area (Å²) >= 11 is 0. The van der Waals surface area contributed by atoms with E-state index in [4.69, 9.17) is 10.1 Å². The predicted molar refractivity (Wildman–Crippen MR) is 163 cm³/mol. The molecule has 1 N–H and O–H groups in total. The Morgan fingerprint density at radius 2 is 1.34 bits per heavy atom. The number of nitrogens with zero attached hydrogens (tertiary/aromatic N) is 4. The maximum absolute atomic E-state index is 11.8. The molecule has 0 spiro atoms. The van der Waals surface area contributed by atoms with Gasteiger partial charge in [-0.3, -0.25) is 0 Å². The molecule has 0 aliphatic carbocycles. The number of aromatic carboxylic acids is 1. The van der Waals surface area contributed by atoms with Crippen molar-refractivity contribution in [2.24, 2.45) is 0 Å². The van der Waals surface area contributed by atoms with Crippen molar-refractivity contribution in [3.8, 4) is 33.6 Å². The van der Waals surface area contributed by atoms with Crippen LogP contribution in [-0.4, -0.2) is 30.8 Å². The molecule has 0 atom stereocenters. The van der Waals surface area contributed by atoms with E-state index in [1.54, 1.807) is 12.1 Å². The van der Waals surface area contributed by atoms with Crippen LogP contribution in [0.15, 0.2) is 109 Å². The fourth-order valence-corrected chi connectivity index (χ4v) is 5.27. The highest BCUT2D eigenvalue weighted by molar-refractivity contribution is 5.98. The second-order valence-electron chi connectivity index (χ2n) is 10.1. The van der Waals surface area contributed by atoms with Gasteiger partial charge in [0.25, 0.3) is 0 Å². The zero-order chi connectivity index (χ0) is 28.2. The molecule has 0 saturated carbocycles. The summed E-state index contributed by atoms with van der Waals surface area (Å²) in [4.78, 5) is 17.0. The number of fused-ring (bicyclic) bond motifs is 1. The molecule has 41 heavy (non-hydrogen) atoms. The maximum Gasteiger partial charge on any atom is 0.336 e. The van der Waals surface area contributed by atoms with Crippen molar-refractivity contribution < 1.29 is 9.90 Å². The lowest BCUT2D eigenvalue weighted by molar-refractivity contribution is 0.0697. The van der Waals surface area contributed by atoms with Crippen LogP contribution >= 0.6 is 0 Å². The Hall–Kier alpha value is -5.10. The van der Waals surface area contributed by atoms with Gasteiger partial charge in [0.1, 0.15) is 22.7 Å². The van der Waals surface area contributed by atoms with Crippen LogP contribution in [0.4, 0.5) is 0 Å². The van der Waals surface area contributed by atoms with Gasteiger partial charge in [-0.1, -0.05) is 116 Å². The minimum absolute atomic E-state index is 0.294. The van der Waals surface area contributed by atoms with E-state index in [0.717, 1.165) is 69.8 Å². The molecule has 0 saturated heterocycles. The Balaban J connectivity index is 1.50. The molecule has 0 radical (unpaired) electrons. The van der Waals surface area contributed by atoms with Crippen molar-refractivity contribution in [3.63, 3.8) is 0 Å². The van der Waals surface area contributed by atoms with Gasteiger partial charge in [-0.05, 0) is 29.2 Å². The summed E-state index contributed by atoms with van der Waals surface area (Å²) in [5.41, 5.74) is 8.34. The zero-order valence-electron chi connectivity index (χ0n) is 22.9. The number of aryl methyl sites for hydroxylation is 1. The van der Waals surface area contributed by atoms with Crippen LogP contribution in [0.25, 0.3) is 44.7 Å². The van der Waals surface area contributed by atoms with Crippen LogP contribution in [0.3, 0.4) is 0 Å². The van der Waals surface area contributed by atoms with E-state index in [0.29, 0.717) is 17.7 Å². The first-order valence-corrected chi connectivity index (χ1v) is 13.9. The van der Waals surface area contributed by atoms with Crippen LogP contribution in [-0.2, 0) is 13.0 Å². The van der Waals surface area contributed by atoms with E-state index < -0.39 is 5.97 Å². The molecular formula is C35H30N4O2. The largest absolute Gasteiger partial charge is 0.478 e. The number of hydrogen-bond donors (Lipinski definition) is 1. The number of benzene rings is 4. The second kappa shape index (κ2) is 11.6. The average Bonchev–Trinajstić information content (AvgIpc) is 3.38. The molecule has 6 heteroatoms. The summed E-state index contributed by atoms with van der Waals surface area (Å²) in [6, 6.07) is 35.5. The minimum atomic E-state index is -0.932. The maximum atomic E-state index is 11.8. The van der Waals surface area contributed by atoms with Gasteiger partial charge in [-0.15, -0.1) is 10.2 Å². The van der Waals surface area contributed by atoms with Gasteiger partial charge in [-0.2, -0.15) is 0 Å². The number of aromatic nitrogens is 4. The van der Waals surface area contributed by atoms with Gasteiger partial charge >= 0.3 is 5.97 Å². The average molecular weight is 539 g/mol. The van der Waals surface area contributed by atoms with E-state index in [-0.39, 0.29) is 0 Å². The van der Waals surface area contributed by atoms with Gasteiger partial charge in [0.05, 0.1) is 11.1 Å². The van der Waals surface area contributed by atoms with Gasteiger partial charge in [-0.25, -0.2) is 9.78 Å². The third-order valence-corrected chi connectivity index (χ3v) is 7.36. The van der Waals surface area contributed by atoms with Gasteiger partial charge in [0, 0.05) is 24.1 Å². The molecule has 0 amide bonds. The summed E-state index contributed by atoms with van der Waals surface area (Å²) in [5.74, 6) is 0.0743. The van der Waals surface area contributed by atoms with Crippen molar-refractivity contribution in [1.82, 2.24) is 19.7 Å². The van der Waals surface area contributed by atoms with E-state index in [9.17, 15) is 9.90 Å². The highest BCUT2D eigenvalue weighted by atomic mass is 16.4. The molecule has 0 fully saturated rings. The Morgan fingerprint density at radius 3 is 2.00 bits per heavy atom. The van der Waals surface area contributed by atoms with Crippen LogP contribution in [0.2, 0.25) is 0 Å². The molecule has 2 heterocycles. The van der Waals surface area contributed by atoms with Crippen molar-refractivity contribution in [3.05, 3.63) is 126 Å². The number of carboxylic acids is 1. The molecule has 6 nitrogen and oxygen atoms in total. The van der Waals surface area contributed by atoms with Crippen LogP contribution in [0.5, 0.6) is 0 Å². The molecule has 0 aliphatic heterocycles. The Kier molecular flexibility index (Phi) is 7.37. The quantitative estimate of drug-likeness (QED) is 0.202. The van der Waals surface area contributed by atoms with Crippen LogP contribution in [0, 0.1) is 0 Å². The lowest BCUT2D eigenvalue weighted by Gasteiger charge is -2.13. The monoisotopic (exact) mass is 538 g/mol. The molecule has 4 aromatic carbocycles. The van der Waals surface area contributed by atoms with Crippen LogP contribution in [0.1, 0.15) is 41.5 Å². The third kappa shape index (κ3) is 5.24. The molecule has 6 aromatic rings. The number of rotatable bonds is 9. The SMILES string of the molecule is CCCCc1nc2c(-c3ccccc3)nnc(-c3ccccc3)c2n1Cc1ccc(-c2ccccc2C(=O)O)cc1. The number of carbonyl (C=O) groups is 1. The number of hydrogen-bond acceptors (Lipinski definition) is 4. The Labute approximate surface area is 239 Å². The first kappa shape index (κ1) is 26.1. The molecule has 0 unspecified atom stereocenters. The lowest BCUT2D eigenvalue weighted by atomic mass is 9.98. The van der Waals surface area contributed by atoms with Gasteiger partial charge in [0.2, 0.25) is 0 Å². The first-order valence-electron chi connectivity index (χ1n) is 13.9. The van der Waals surface area contributed by atoms with Crippen molar-refractivity contribution in [1.29, 1.82) is 0 Å². The highest BCUT2D eigenvalue weighted by Crippen LogP contribution is 2.34. The third-order valence-electron chi connectivity index (χ3n) is 7.36.